The first-order valence-corrected chi connectivity index (χ1v) is 6.40. The topological polar surface area (TPSA) is 38.3 Å². The zero-order valence-corrected chi connectivity index (χ0v) is 10.8. The number of hydrogen-bond donors (Lipinski definition) is 1. The second-order valence-corrected chi connectivity index (χ2v) is 5.64. The maximum absolute atomic E-state index is 11.5. The molecule has 1 aliphatic rings. The van der Waals surface area contributed by atoms with Gasteiger partial charge in [-0.1, -0.05) is 40.0 Å². The molecule has 1 amide bonds. The van der Waals surface area contributed by atoms with Crippen LogP contribution < -0.4 is 5.32 Å². The van der Waals surface area contributed by atoms with Gasteiger partial charge in [-0.05, 0) is 12.8 Å². The number of rotatable bonds is 4. The molecule has 16 heavy (non-hydrogen) atoms. The lowest BCUT2D eigenvalue weighted by atomic mass is 9.96. The second-order valence-electron chi connectivity index (χ2n) is 5.64. The zero-order chi connectivity index (χ0) is 12.0. The van der Waals surface area contributed by atoms with Crippen molar-refractivity contribution in [1.29, 1.82) is 0 Å². The molecule has 1 N–H and O–H groups in total. The number of carbonyl (C=O) groups is 1. The van der Waals surface area contributed by atoms with E-state index in [9.17, 15) is 4.79 Å². The van der Waals surface area contributed by atoms with Gasteiger partial charge in [-0.2, -0.15) is 0 Å². The highest BCUT2D eigenvalue weighted by atomic mass is 16.5. The van der Waals surface area contributed by atoms with Gasteiger partial charge in [-0.15, -0.1) is 0 Å². The molecule has 1 rings (SSSR count). The summed E-state index contributed by atoms with van der Waals surface area (Å²) < 4.78 is 5.73. The molecule has 0 unspecified atom stereocenters. The van der Waals surface area contributed by atoms with E-state index in [0.29, 0.717) is 19.3 Å². The average Bonchev–Trinajstić information content (AvgIpc) is 2.24. The van der Waals surface area contributed by atoms with Crippen molar-refractivity contribution in [1.82, 2.24) is 5.32 Å². The van der Waals surface area contributed by atoms with Crippen molar-refractivity contribution in [3.8, 4) is 0 Å². The Morgan fingerprint density at radius 3 is 2.44 bits per heavy atom. The Bertz CT molecular complexity index is 214. The summed E-state index contributed by atoms with van der Waals surface area (Å²) in [5.74, 6) is 0.0970. The second kappa shape index (κ2) is 6.24. The van der Waals surface area contributed by atoms with Crippen molar-refractivity contribution in [2.75, 3.05) is 13.2 Å². The summed E-state index contributed by atoms with van der Waals surface area (Å²) in [6.45, 7) is 7.04. The van der Waals surface area contributed by atoms with Crippen LogP contribution >= 0.6 is 0 Å². The predicted molar refractivity (Wildman–Crippen MR) is 65.3 cm³/mol. The third-order valence-corrected chi connectivity index (χ3v) is 2.97. The maximum Gasteiger partial charge on any atom is 0.225 e. The molecule has 0 aromatic rings. The quantitative estimate of drug-likeness (QED) is 0.749. The zero-order valence-electron chi connectivity index (χ0n) is 10.8. The first kappa shape index (κ1) is 13.5. The minimum atomic E-state index is -0.301. The van der Waals surface area contributed by atoms with E-state index in [1.54, 1.807) is 0 Å². The molecule has 1 fully saturated rings. The molecule has 1 saturated carbocycles. The van der Waals surface area contributed by atoms with Crippen LogP contribution in [-0.2, 0) is 9.53 Å². The predicted octanol–water partition coefficient (Wildman–Crippen LogP) is 2.50. The van der Waals surface area contributed by atoms with E-state index >= 15 is 0 Å². The summed E-state index contributed by atoms with van der Waals surface area (Å²) in [6.07, 6.45) is 6.74. The van der Waals surface area contributed by atoms with Crippen LogP contribution in [0, 0.1) is 5.41 Å². The third-order valence-electron chi connectivity index (χ3n) is 2.97. The van der Waals surface area contributed by atoms with Crippen molar-refractivity contribution in [2.24, 2.45) is 5.41 Å². The Kier molecular flexibility index (Phi) is 5.26. The van der Waals surface area contributed by atoms with Crippen LogP contribution in [0.15, 0.2) is 0 Å². The first-order chi connectivity index (χ1) is 7.50. The Hall–Kier alpha value is -0.570. The average molecular weight is 227 g/mol. The van der Waals surface area contributed by atoms with Gasteiger partial charge >= 0.3 is 0 Å². The number of hydrogen-bond acceptors (Lipinski definition) is 2. The minimum Gasteiger partial charge on any atom is -0.376 e. The van der Waals surface area contributed by atoms with Crippen molar-refractivity contribution in [2.45, 2.75) is 59.0 Å². The van der Waals surface area contributed by atoms with Gasteiger partial charge < -0.3 is 10.1 Å². The van der Waals surface area contributed by atoms with Crippen molar-refractivity contribution >= 4 is 5.91 Å². The van der Waals surface area contributed by atoms with E-state index in [2.05, 4.69) is 5.32 Å². The van der Waals surface area contributed by atoms with Gasteiger partial charge in [-0.3, -0.25) is 4.79 Å². The minimum absolute atomic E-state index is 0.0970. The van der Waals surface area contributed by atoms with Gasteiger partial charge in [0.15, 0.2) is 0 Å². The molecule has 0 heterocycles. The smallest absolute Gasteiger partial charge is 0.225 e. The van der Waals surface area contributed by atoms with E-state index in [1.165, 1.54) is 32.1 Å². The highest BCUT2D eigenvalue weighted by molar-refractivity contribution is 5.81. The van der Waals surface area contributed by atoms with E-state index in [0.717, 1.165) is 0 Å². The largest absolute Gasteiger partial charge is 0.376 e. The molecule has 0 bridgehead atoms. The van der Waals surface area contributed by atoms with E-state index in [1.807, 2.05) is 20.8 Å². The fourth-order valence-electron chi connectivity index (χ4n) is 1.89. The molecule has 0 radical (unpaired) electrons. The van der Waals surface area contributed by atoms with Gasteiger partial charge in [0.05, 0.1) is 12.7 Å². The normalized spacial score (nSPS) is 18.4. The lowest BCUT2D eigenvalue weighted by Gasteiger charge is -2.23. The lowest BCUT2D eigenvalue weighted by Crippen LogP contribution is -2.37. The standard InChI is InChI=1S/C13H25NO2/c1-13(2,3)12(15)14-9-10-16-11-7-5-4-6-8-11/h11H,4-10H2,1-3H3,(H,14,15). The molecule has 0 aromatic heterocycles. The number of amides is 1. The first-order valence-electron chi connectivity index (χ1n) is 6.40. The summed E-state index contributed by atoms with van der Waals surface area (Å²) in [7, 11) is 0. The Morgan fingerprint density at radius 1 is 1.25 bits per heavy atom. The van der Waals surface area contributed by atoms with E-state index in [-0.39, 0.29) is 11.3 Å². The summed E-state index contributed by atoms with van der Waals surface area (Å²) in [4.78, 5) is 11.5. The molecule has 0 spiro atoms. The summed E-state index contributed by atoms with van der Waals surface area (Å²) in [5.41, 5.74) is -0.301. The lowest BCUT2D eigenvalue weighted by molar-refractivity contribution is -0.128. The molecule has 1 aliphatic carbocycles. The monoisotopic (exact) mass is 227 g/mol. The van der Waals surface area contributed by atoms with E-state index < -0.39 is 0 Å². The number of carbonyl (C=O) groups excluding carboxylic acids is 1. The molecule has 94 valence electrons. The molecule has 0 atom stereocenters. The van der Waals surface area contributed by atoms with Crippen molar-refractivity contribution < 1.29 is 9.53 Å². The van der Waals surface area contributed by atoms with Crippen LogP contribution in [0.4, 0.5) is 0 Å². The molecular formula is C13H25NO2. The molecule has 3 nitrogen and oxygen atoms in total. The van der Waals surface area contributed by atoms with Gasteiger partial charge in [0.25, 0.3) is 0 Å². The third kappa shape index (κ3) is 4.97. The Balaban J connectivity index is 2.05. The van der Waals surface area contributed by atoms with Crippen LogP contribution in [0.3, 0.4) is 0 Å². The Morgan fingerprint density at radius 2 is 1.88 bits per heavy atom. The SMILES string of the molecule is CC(C)(C)C(=O)NCCOC1CCCCC1. The van der Waals surface area contributed by atoms with Crippen LogP contribution in [0.2, 0.25) is 0 Å². The van der Waals surface area contributed by atoms with Crippen LogP contribution in [0.1, 0.15) is 52.9 Å². The van der Waals surface area contributed by atoms with Gasteiger partial charge in [0.2, 0.25) is 5.91 Å². The fraction of sp³-hybridized carbons (Fsp3) is 0.923. The van der Waals surface area contributed by atoms with Crippen LogP contribution in [0.5, 0.6) is 0 Å². The van der Waals surface area contributed by atoms with Gasteiger partial charge in [-0.25, -0.2) is 0 Å². The van der Waals surface area contributed by atoms with Crippen molar-refractivity contribution in [3.05, 3.63) is 0 Å². The van der Waals surface area contributed by atoms with Crippen molar-refractivity contribution in [3.63, 3.8) is 0 Å². The summed E-state index contributed by atoms with van der Waals surface area (Å²) in [5, 5.41) is 2.90. The maximum atomic E-state index is 11.5. The van der Waals surface area contributed by atoms with E-state index in [4.69, 9.17) is 4.74 Å². The molecule has 3 heteroatoms. The van der Waals surface area contributed by atoms with Gasteiger partial charge in [0.1, 0.15) is 0 Å². The highest BCUT2D eigenvalue weighted by Gasteiger charge is 2.20. The van der Waals surface area contributed by atoms with Gasteiger partial charge in [0, 0.05) is 12.0 Å². The van der Waals surface area contributed by atoms with Crippen LogP contribution in [-0.4, -0.2) is 25.2 Å². The highest BCUT2D eigenvalue weighted by Crippen LogP contribution is 2.19. The number of nitrogens with one attached hydrogen (secondary N) is 1. The number of ether oxygens (including phenoxy) is 1. The molecule has 0 saturated heterocycles. The fourth-order valence-corrected chi connectivity index (χ4v) is 1.89. The Labute approximate surface area is 98.9 Å². The summed E-state index contributed by atoms with van der Waals surface area (Å²) >= 11 is 0. The van der Waals surface area contributed by atoms with Crippen LogP contribution in [0.25, 0.3) is 0 Å². The molecule has 0 aromatic carbocycles. The molecular weight excluding hydrogens is 202 g/mol. The molecule has 0 aliphatic heterocycles. The summed E-state index contributed by atoms with van der Waals surface area (Å²) in [6, 6.07) is 0.